The third-order valence-electron chi connectivity index (χ3n) is 10.2. The number of nitrogens with zero attached hydrogens (tertiary/aromatic N) is 7. The molecule has 4 heterocycles. The van der Waals surface area contributed by atoms with Gasteiger partial charge in [0.2, 0.25) is 5.95 Å². The van der Waals surface area contributed by atoms with E-state index in [0.29, 0.717) is 29.2 Å². The average molecular weight is 700 g/mol. The summed E-state index contributed by atoms with van der Waals surface area (Å²) in [7, 11) is 0. The smallest absolute Gasteiger partial charge is 0.410 e. The number of hydrogen-bond donors (Lipinski definition) is 0. The highest BCUT2D eigenvalue weighted by atomic mass is 35.5. The van der Waals surface area contributed by atoms with Crippen molar-refractivity contribution in [3.63, 3.8) is 0 Å². The molecule has 10 nitrogen and oxygen atoms in total. The Morgan fingerprint density at radius 3 is 2.30 bits per heavy atom. The first-order chi connectivity index (χ1) is 23.9. The summed E-state index contributed by atoms with van der Waals surface area (Å²) < 4.78 is 11.7. The Kier molecular flexibility index (Phi) is 10.9. The van der Waals surface area contributed by atoms with E-state index in [-0.39, 0.29) is 11.5 Å². The maximum atomic E-state index is 12.4. The van der Waals surface area contributed by atoms with E-state index < -0.39 is 5.60 Å². The number of rotatable bonds is 9. The van der Waals surface area contributed by atoms with Gasteiger partial charge in [-0.2, -0.15) is 5.26 Å². The molecule has 6 rings (SSSR count). The van der Waals surface area contributed by atoms with Crippen molar-refractivity contribution in [2.24, 2.45) is 5.92 Å². The molecule has 0 unspecified atom stereocenters. The summed E-state index contributed by atoms with van der Waals surface area (Å²) in [5.41, 5.74) is 2.71. The summed E-state index contributed by atoms with van der Waals surface area (Å²) in [6.07, 6.45) is 3.73. The number of ether oxygens (including phenoxy) is 2. The molecule has 0 N–H and O–H groups in total. The maximum Gasteiger partial charge on any atom is 0.410 e. The van der Waals surface area contributed by atoms with Crippen molar-refractivity contribution < 1.29 is 14.3 Å². The highest BCUT2D eigenvalue weighted by molar-refractivity contribution is 6.30. The van der Waals surface area contributed by atoms with E-state index in [0.717, 1.165) is 100 Å². The lowest BCUT2D eigenvalue weighted by molar-refractivity contribution is 0.00306. The van der Waals surface area contributed by atoms with E-state index in [1.54, 1.807) is 6.07 Å². The first-order valence-corrected chi connectivity index (χ1v) is 18.2. The number of halogens is 1. The molecule has 3 aliphatic heterocycles. The lowest BCUT2D eigenvalue weighted by Gasteiger charge is -2.49. The van der Waals surface area contributed by atoms with Gasteiger partial charge in [0, 0.05) is 81.6 Å². The van der Waals surface area contributed by atoms with Crippen molar-refractivity contribution in [2.75, 3.05) is 63.8 Å². The number of hydrogen-bond acceptors (Lipinski definition) is 9. The summed E-state index contributed by atoms with van der Waals surface area (Å²) in [6.45, 7) is 19.1. The van der Waals surface area contributed by atoms with Crippen LogP contribution in [0.5, 0.6) is 5.75 Å². The Morgan fingerprint density at radius 2 is 1.64 bits per heavy atom. The molecule has 1 amide bonds. The molecule has 0 aliphatic carbocycles. The molecule has 50 heavy (non-hydrogen) atoms. The van der Waals surface area contributed by atoms with Gasteiger partial charge < -0.3 is 19.3 Å². The molecule has 3 fully saturated rings. The van der Waals surface area contributed by atoms with Crippen LogP contribution in [0.1, 0.15) is 69.8 Å². The number of piperidine rings is 1. The molecule has 2 aromatic carbocycles. The zero-order valence-corrected chi connectivity index (χ0v) is 30.8. The van der Waals surface area contributed by atoms with E-state index in [1.165, 1.54) is 0 Å². The van der Waals surface area contributed by atoms with E-state index in [1.807, 2.05) is 62.2 Å². The van der Waals surface area contributed by atoms with Gasteiger partial charge in [-0.1, -0.05) is 37.6 Å². The standard InChI is InChI=1S/C39H50ClN7O3/c1-38(2,3)50-37(48)47-14-11-28(12-15-47)24-44-25-34(26-44)45-16-18-46(19-17-45)36-42-13-10-33(43-36)27-49-35-8-6-30(7-9-35)39(4,5)31-20-29(23-41)21-32(40)22-31/h6-10,13,20-22,28,34H,11-12,14-19,24-27H2,1-5H3. The van der Waals surface area contributed by atoms with Gasteiger partial charge in [0.15, 0.2) is 0 Å². The molecule has 0 radical (unpaired) electrons. The number of benzene rings is 2. The van der Waals surface area contributed by atoms with Gasteiger partial charge in [0.25, 0.3) is 0 Å². The van der Waals surface area contributed by atoms with Crippen LogP contribution in [-0.2, 0) is 16.8 Å². The second kappa shape index (κ2) is 15.1. The van der Waals surface area contributed by atoms with Gasteiger partial charge in [-0.15, -0.1) is 0 Å². The number of likely N-dealkylation sites (tertiary alicyclic amines) is 2. The predicted octanol–water partition coefficient (Wildman–Crippen LogP) is 6.36. The molecule has 11 heteroatoms. The topological polar surface area (TPSA) is 98.1 Å². The lowest BCUT2D eigenvalue weighted by Crippen LogP contribution is -2.63. The minimum atomic E-state index is -0.446. The molecule has 3 aromatic rings. The Hall–Kier alpha value is -3.91. The highest BCUT2D eigenvalue weighted by Crippen LogP contribution is 2.34. The number of carbonyl (C=O) groups excluding carboxylic acids is 1. The van der Waals surface area contributed by atoms with Crippen molar-refractivity contribution in [3.05, 3.63) is 82.1 Å². The summed E-state index contributed by atoms with van der Waals surface area (Å²) in [5, 5.41) is 9.94. The van der Waals surface area contributed by atoms with Gasteiger partial charge in [-0.3, -0.25) is 9.80 Å². The summed E-state index contributed by atoms with van der Waals surface area (Å²) in [6, 6.07) is 18.3. The fourth-order valence-corrected chi connectivity index (χ4v) is 7.36. The zero-order valence-electron chi connectivity index (χ0n) is 30.1. The van der Waals surface area contributed by atoms with Crippen LogP contribution in [0.2, 0.25) is 5.02 Å². The molecule has 0 bridgehead atoms. The first-order valence-electron chi connectivity index (χ1n) is 17.8. The van der Waals surface area contributed by atoms with E-state index in [9.17, 15) is 10.1 Å². The molecule has 0 atom stereocenters. The zero-order chi connectivity index (χ0) is 35.5. The number of amides is 1. The van der Waals surface area contributed by atoms with Crippen LogP contribution in [0.15, 0.2) is 54.7 Å². The number of carbonyl (C=O) groups is 1. The summed E-state index contributed by atoms with van der Waals surface area (Å²) >= 11 is 6.29. The van der Waals surface area contributed by atoms with Crippen LogP contribution >= 0.6 is 11.6 Å². The van der Waals surface area contributed by atoms with Gasteiger partial charge >= 0.3 is 6.09 Å². The highest BCUT2D eigenvalue weighted by Gasteiger charge is 2.36. The monoisotopic (exact) mass is 699 g/mol. The molecular formula is C39H50ClN7O3. The van der Waals surface area contributed by atoms with Crippen molar-refractivity contribution in [1.29, 1.82) is 5.26 Å². The number of piperazine rings is 1. The van der Waals surface area contributed by atoms with Crippen molar-refractivity contribution in [3.8, 4) is 11.8 Å². The minimum Gasteiger partial charge on any atom is -0.487 e. The predicted molar refractivity (Wildman–Crippen MR) is 196 cm³/mol. The van der Waals surface area contributed by atoms with Gasteiger partial charge in [-0.05, 0) is 87.1 Å². The molecular weight excluding hydrogens is 650 g/mol. The van der Waals surface area contributed by atoms with Gasteiger partial charge in [0.05, 0.1) is 17.3 Å². The second-order valence-corrected chi connectivity index (χ2v) is 15.9. The third kappa shape index (κ3) is 8.87. The Morgan fingerprint density at radius 1 is 0.940 bits per heavy atom. The van der Waals surface area contributed by atoms with Gasteiger partial charge in [0.1, 0.15) is 18.0 Å². The van der Waals surface area contributed by atoms with Crippen LogP contribution in [0, 0.1) is 17.2 Å². The summed E-state index contributed by atoms with van der Waals surface area (Å²) in [4.78, 5) is 31.2. The maximum absolute atomic E-state index is 12.4. The first kappa shape index (κ1) is 35.9. The number of nitriles is 1. The van der Waals surface area contributed by atoms with Crippen LogP contribution in [-0.4, -0.2) is 101 Å². The van der Waals surface area contributed by atoms with Crippen LogP contribution in [0.25, 0.3) is 0 Å². The lowest BCUT2D eigenvalue weighted by atomic mass is 9.78. The molecule has 3 saturated heterocycles. The van der Waals surface area contributed by atoms with Gasteiger partial charge in [-0.25, -0.2) is 14.8 Å². The number of aromatic nitrogens is 2. The Bertz CT molecular complexity index is 1660. The van der Waals surface area contributed by atoms with E-state index >= 15 is 0 Å². The molecule has 266 valence electrons. The number of anilines is 1. The van der Waals surface area contributed by atoms with E-state index in [2.05, 4.69) is 51.7 Å². The average Bonchev–Trinajstić information content (AvgIpc) is 3.08. The fraction of sp³-hybridized carbons (Fsp3) is 0.538. The van der Waals surface area contributed by atoms with Crippen LogP contribution in [0.4, 0.5) is 10.7 Å². The molecule has 1 aromatic heterocycles. The van der Waals surface area contributed by atoms with E-state index in [4.69, 9.17) is 26.1 Å². The fourth-order valence-electron chi connectivity index (χ4n) is 7.12. The Labute approximate surface area is 301 Å². The van der Waals surface area contributed by atoms with Crippen LogP contribution < -0.4 is 9.64 Å². The van der Waals surface area contributed by atoms with Crippen LogP contribution in [0.3, 0.4) is 0 Å². The summed E-state index contributed by atoms with van der Waals surface area (Å²) in [5.74, 6) is 2.17. The molecule has 0 spiro atoms. The van der Waals surface area contributed by atoms with Crippen molar-refractivity contribution in [1.82, 2.24) is 24.7 Å². The molecule has 0 saturated carbocycles. The van der Waals surface area contributed by atoms with Crippen molar-refractivity contribution in [2.45, 2.75) is 71.1 Å². The third-order valence-corrected chi connectivity index (χ3v) is 10.5. The molecule has 3 aliphatic rings. The Balaban J connectivity index is 0.923. The quantitative estimate of drug-likeness (QED) is 0.253. The second-order valence-electron chi connectivity index (χ2n) is 15.4. The largest absolute Gasteiger partial charge is 0.487 e. The minimum absolute atomic E-state index is 0.181. The van der Waals surface area contributed by atoms with Crippen molar-refractivity contribution >= 4 is 23.6 Å². The SMILES string of the molecule is CC(C)(C)OC(=O)N1CCC(CN2CC(N3CCN(c4nccc(COc5ccc(C(C)(C)c6cc(Cl)cc(C#N)c6)cc5)n4)CC3)C2)CC1. The normalized spacial score (nSPS) is 18.4.